The van der Waals surface area contributed by atoms with E-state index in [4.69, 9.17) is 0 Å². The van der Waals surface area contributed by atoms with Gasteiger partial charge in [-0.25, -0.2) is 0 Å². The van der Waals surface area contributed by atoms with Gasteiger partial charge in [-0.15, -0.1) is 0 Å². The van der Waals surface area contributed by atoms with Gasteiger partial charge in [-0.3, -0.25) is 14.5 Å². The number of amides is 2. The van der Waals surface area contributed by atoms with Gasteiger partial charge in [-0.1, -0.05) is 24.3 Å². The molecule has 2 heterocycles. The number of fused-ring (bicyclic) bond motifs is 1. The van der Waals surface area contributed by atoms with Gasteiger partial charge < -0.3 is 10.2 Å². The molecule has 2 fully saturated rings. The van der Waals surface area contributed by atoms with Crippen LogP contribution in [0.25, 0.3) is 0 Å². The third kappa shape index (κ3) is 3.78. The van der Waals surface area contributed by atoms with Crippen molar-refractivity contribution < 1.29 is 9.59 Å². The van der Waals surface area contributed by atoms with Crippen molar-refractivity contribution in [1.82, 2.24) is 15.1 Å². The Morgan fingerprint density at radius 3 is 2.42 bits per heavy atom. The molecule has 4 rings (SSSR count). The van der Waals surface area contributed by atoms with E-state index >= 15 is 0 Å². The van der Waals surface area contributed by atoms with Crippen LogP contribution in [-0.4, -0.2) is 53.3 Å². The number of benzene rings is 1. The summed E-state index contributed by atoms with van der Waals surface area (Å²) < 4.78 is 0. The first-order chi connectivity index (χ1) is 12.6. The summed E-state index contributed by atoms with van der Waals surface area (Å²) in [6.07, 6.45) is 4.91. The van der Waals surface area contributed by atoms with Crippen molar-refractivity contribution in [3.05, 3.63) is 35.4 Å². The Labute approximate surface area is 155 Å². The summed E-state index contributed by atoms with van der Waals surface area (Å²) in [5.74, 6) is 0.550. The van der Waals surface area contributed by atoms with Gasteiger partial charge in [-0.05, 0) is 63.2 Å². The molecular weight excluding hydrogens is 326 g/mol. The first-order valence-corrected chi connectivity index (χ1v) is 10.0. The lowest BCUT2D eigenvalue weighted by Crippen LogP contribution is -2.50. The standard InChI is InChI=1S/C21H29N3O2/c1-15(20(25)22-19-6-7-19)23-11-9-17(10-12-23)21(26)24-13-8-16-4-2-3-5-18(16)14-24/h2-5,15,17,19H,6-14H2,1H3,(H,22,25)/t15-/m0/s1. The summed E-state index contributed by atoms with van der Waals surface area (Å²) in [5.41, 5.74) is 2.66. The van der Waals surface area contributed by atoms with Crippen LogP contribution in [0.1, 0.15) is 43.7 Å². The summed E-state index contributed by atoms with van der Waals surface area (Å²) in [7, 11) is 0. The van der Waals surface area contributed by atoms with E-state index in [1.54, 1.807) is 0 Å². The Morgan fingerprint density at radius 2 is 1.73 bits per heavy atom. The molecule has 0 spiro atoms. The third-order valence-electron chi connectivity index (χ3n) is 6.17. The fraction of sp³-hybridized carbons (Fsp3) is 0.619. The van der Waals surface area contributed by atoms with Crippen LogP contribution >= 0.6 is 0 Å². The molecule has 0 unspecified atom stereocenters. The third-order valence-corrected chi connectivity index (χ3v) is 6.17. The largest absolute Gasteiger partial charge is 0.352 e. The predicted molar refractivity (Wildman–Crippen MR) is 100 cm³/mol. The van der Waals surface area contributed by atoms with Crippen LogP contribution in [-0.2, 0) is 22.6 Å². The van der Waals surface area contributed by atoms with Gasteiger partial charge in [0.05, 0.1) is 6.04 Å². The molecule has 1 aliphatic carbocycles. The molecule has 1 saturated carbocycles. The Bertz CT molecular complexity index is 678. The first kappa shape index (κ1) is 17.5. The molecule has 26 heavy (non-hydrogen) atoms. The maximum atomic E-state index is 13.0. The van der Waals surface area contributed by atoms with Crippen molar-refractivity contribution in [2.75, 3.05) is 19.6 Å². The predicted octanol–water partition coefficient (Wildman–Crippen LogP) is 1.95. The van der Waals surface area contributed by atoms with Crippen LogP contribution < -0.4 is 5.32 Å². The monoisotopic (exact) mass is 355 g/mol. The van der Waals surface area contributed by atoms with Crippen molar-refractivity contribution in [3.63, 3.8) is 0 Å². The quantitative estimate of drug-likeness (QED) is 0.898. The average Bonchev–Trinajstić information content (AvgIpc) is 3.50. The highest BCUT2D eigenvalue weighted by atomic mass is 16.2. The number of rotatable bonds is 4. The molecule has 0 radical (unpaired) electrons. The molecule has 2 amide bonds. The van der Waals surface area contributed by atoms with Crippen LogP contribution in [0.4, 0.5) is 0 Å². The van der Waals surface area contributed by atoms with Gasteiger partial charge in [-0.2, -0.15) is 0 Å². The van der Waals surface area contributed by atoms with E-state index in [9.17, 15) is 9.59 Å². The smallest absolute Gasteiger partial charge is 0.237 e. The number of hydrogen-bond donors (Lipinski definition) is 1. The molecule has 0 aromatic heterocycles. The minimum Gasteiger partial charge on any atom is -0.352 e. The molecule has 1 aromatic carbocycles. The lowest BCUT2D eigenvalue weighted by atomic mass is 9.92. The zero-order valence-electron chi connectivity index (χ0n) is 15.6. The number of piperidine rings is 1. The number of nitrogens with one attached hydrogen (secondary N) is 1. The Morgan fingerprint density at radius 1 is 1.04 bits per heavy atom. The Balaban J connectivity index is 1.29. The van der Waals surface area contributed by atoms with Crippen LogP contribution in [0.5, 0.6) is 0 Å². The van der Waals surface area contributed by atoms with E-state index in [0.29, 0.717) is 11.9 Å². The van der Waals surface area contributed by atoms with E-state index in [1.165, 1.54) is 11.1 Å². The lowest BCUT2D eigenvalue weighted by Gasteiger charge is -2.37. The topological polar surface area (TPSA) is 52.7 Å². The molecule has 1 saturated heterocycles. The first-order valence-electron chi connectivity index (χ1n) is 10.0. The molecule has 5 heteroatoms. The SMILES string of the molecule is C[C@@H](C(=O)NC1CC1)N1CCC(C(=O)N2CCc3ccccc3C2)CC1. The maximum absolute atomic E-state index is 13.0. The second-order valence-electron chi connectivity index (χ2n) is 8.05. The van der Waals surface area contributed by atoms with Gasteiger partial charge in [0.25, 0.3) is 0 Å². The zero-order valence-corrected chi connectivity index (χ0v) is 15.6. The molecule has 140 valence electrons. The number of nitrogens with zero attached hydrogens (tertiary/aromatic N) is 2. The molecule has 1 atom stereocenters. The minimum absolute atomic E-state index is 0.0893. The Hall–Kier alpha value is -1.88. The fourth-order valence-corrected chi connectivity index (χ4v) is 4.19. The van der Waals surface area contributed by atoms with Crippen LogP contribution in [0.15, 0.2) is 24.3 Å². The number of carbonyl (C=O) groups excluding carboxylic acids is 2. The second kappa shape index (κ2) is 7.39. The summed E-state index contributed by atoms with van der Waals surface area (Å²) in [5, 5.41) is 3.09. The lowest BCUT2D eigenvalue weighted by molar-refractivity contribution is -0.138. The number of likely N-dealkylation sites (tertiary alicyclic amines) is 1. The molecule has 2 aliphatic heterocycles. The van der Waals surface area contributed by atoms with Gasteiger partial charge in [0.15, 0.2) is 0 Å². The molecule has 1 N–H and O–H groups in total. The van der Waals surface area contributed by atoms with E-state index < -0.39 is 0 Å². The van der Waals surface area contributed by atoms with Gasteiger partial charge in [0, 0.05) is 25.0 Å². The molecule has 3 aliphatic rings. The Kier molecular flexibility index (Phi) is 4.98. The van der Waals surface area contributed by atoms with E-state index in [2.05, 4.69) is 34.5 Å². The molecule has 0 bridgehead atoms. The maximum Gasteiger partial charge on any atom is 0.237 e. The summed E-state index contributed by atoms with van der Waals surface area (Å²) in [6.45, 7) is 5.23. The van der Waals surface area contributed by atoms with Gasteiger partial charge in [0.2, 0.25) is 11.8 Å². The van der Waals surface area contributed by atoms with Crippen molar-refractivity contribution >= 4 is 11.8 Å². The molecular formula is C21H29N3O2. The molecule has 5 nitrogen and oxygen atoms in total. The highest BCUT2D eigenvalue weighted by Gasteiger charge is 2.34. The number of carbonyl (C=O) groups is 2. The second-order valence-corrected chi connectivity index (χ2v) is 8.05. The highest BCUT2D eigenvalue weighted by Crippen LogP contribution is 2.26. The van der Waals surface area contributed by atoms with Gasteiger partial charge in [0.1, 0.15) is 0 Å². The van der Waals surface area contributed by atoms with E-state index in [1.807, 2.05) is 11.8 Å². The fourth-order valence-electron chi connectivity index (χ4n) is 4.19. The summed E-state index contributed by atoms with van der Waals surface area (Å²) in [4.78, 5) is 29.5. The van der Waals surface area contributed by atoms with Crippen molar-refractivity contribution in [3.8, 4) is 0 Å². The zero-order chi connectivity index (χ0) is 18.1. The van der Waals surface area contributed by atoms with Crippen LogP contribution in [0.2, 0.25) is 0 Å². The average molecular weight is 355 g/mol. The summed E-state index contributed by atoms with van der Waals surface area (Å²) >= 11 is 0. The van der Waals surface area contributed by atoms with E-state index in [-0.39, 0.29) is 17.9 Å². The van der Waals surface area contributed by atoms with Crippen molar-refractivity contribution in [2.24, 2.45) is 5.92 Å². The minimum atomic E-state index is -0.0893. The molecule has 1 aromatic rings. The van der Waals surface area contributed by atoms with Crippen molar-refractivity contribution in [1.29, 1.82) is 0 Å². The van der Waals surface area contributed by atoms with Crippen LogP contribution in [0.3, 0.4) is 0 Å². The summed E-state index contributed by atoms with van der Waals surface area (Å²) in [6, 6.07) is 8.76. The van der Waals surface area contributed by atoms with Gasteiger partial charge >= 0.3 is 0 Å². The normalized spacial score (nSPS) is 22.6. The van der Waals surface area contributed by atoms with E-state index in [0.717, 1.165) is 58.3 Å². The van der Waals surface area contributed by atoms with Crippen molar-refractivity contribution in [2.45, 2.75) is 57.7 Å². The highest BCUT2D eigenvalue weighted by molar-refractivity contribution is 5.82. The van der Waals surface area contributed by atoms with Crippen LogP contribution in [0, 0.1) is 5.92 Å². The number of hydrogen-bond acceptors (Lipinski definition) is 3.